The molecule has 0 bridgehead atoms. The molecule has 8 heteroatoms. The fourth-order valence-corrected chi connectivity index (χ4v) is 3.02. The van der Waals surface area contributed by atoms with E-state index in [4.69, 9.17) is 22.6 Å². The predicted octanol–water partition coefficient (Wildman–Crippen LogP) is 5.83. The fraction of sp³-hybridized carbons (Fsp3) is 0.857. The molecule has 0 aromatic rings. The van der Waals surface area contributed by atoms with E-state index in [1.165, 1.54) is 70.6 Å². The maximum atomic E-state index is 11.0. The molecule has 0 saturated carbocycles. The van der Waals surface area contributed by atoms with Gasteiger partial charge in [-0.1, -0.05) is 83.8 Å². The van der Waals surface area contributed by atoms with Gasteiger partial charge in [0.25, 0.3) is 0 Å². The standard InChI is InChI=1S/C21H40O2.Na.H2O4S.H/c1-3-5-6-7-8-9-10-11-12-13-14-15-16-17-19-20(18-4-2)21(22)23;;1-5(2,3)4;/h11-12,20H,3-10,13-19H2,1-2H3,(H,22,23);;(H2,1,2,3,4);/b12-11-;;;. The van der Waals surface area contributed by atoms with Crippen molar-refractivity contribution in [1.82, 2.24) is 0 Å². The fourth-order valence-electron chi connectivity index (χ4n) is 3.02. The average molecular weight is 447 g/mol. The summed E-state index contributed by atoms with van der Waals surface area (Å²) in [6.07, 6.45) is 22.8. The van der Waals surface area contributed by atoms with Crippen molar-refractivity contribution in [2.75, 3.05) is 0 Å². The van der Waals surface area contributed by atoms with Gasteiger partial charge in [-0.05, 0) is 38.5 Å². The first-order valence-electron chi connectivity index (χ1n) is 10.8. The maximum absolute atomic E-state index is 11.0. The van der Waals surface area contributed by atoms with E-state index in [1.54, 1.807) is 0 Å². The molecule has 0 aromatic carbocycles. The summed E-state index contributed by atoms with van der Waals surface area (Å²) in [7, 11) is -4.67. The Kier molecular flexibility index (Phi) is 28.3. The summed E-state index contributed by atoms with van der Waals surface area (Å²) < 4.78 is 31.6. The SMILES string of the molecule is CCCCCCCC/C=C\CCCCCCC(CCC)C(=O)O.O=S(=O)(O)O.[NaH]. The Labute approximate surface area is 200 Å². The first kappa shape index (κ1) is 33.7. The summed E-state index contributed by atoms with van der Waals surface area (Å²) >= 11 is 0. The first-order chi connectivity index (χ1) is 13.2. The van der Waals surface area contributed by atoms with Gasteiger partial charge in [-0.25, -0.2) is 0 Å². The van der Waals surface area contributed by atoms with Gasteiger partial charge in [0.1, 0.15) is 0 Å². The third-order valence-electron chi connectivity index (χ3n) is 4.55. The zero-order valence-corrected chi connectivity index (χ0v) is 18.6. The molecule has 0 radical (unpaired) electrons. The zero-order chi connectivity index (χ0) is 21.7. The van der Waals surface area contributed by atoms with Gasteiger partial charge in [-0.3, -0.25) is 13.9 Å². The summed E-state index contributed by atoms with van der Waals surface area (Å²) in [5.74, 6) is -0.721. The number of rotatable bonds is 17. The van der Waals surface area contributed by atoms with Crippen LogP contribution in [0.15, 0.2) is 12.2 Å². The van der Waals surface area contributed by atoms with Crippen molar-refractivity contribution in [1.29, 1.82) is 0 Å². The number of hydrogen-bond donors (Lipinski definition) is 3. The van der Waals surface area contributed by atoms with Crippen molar-refractivity contribution < 1.29 is 27.4 Å². The minimum atomic E-state index is -4.67. The number of unbranched alkanes of at least 4 members (excludes halogenated alkanes) is 10. The van der Waals surface area contributed by atoms with Crippen LogP contribution in [0.1, 0.15) is 110 Å². The molecular weight excluding hydrogens is 403 g/mol. The van der Waals surface area contributed by atoms with Gasteiger partial charge in [0.15, 0.2) is 0 Å². The first-order valence-corrected chi connectivity index (χ1v) is 12.2. The molecule has 3 N–H and O–H groups in total. The molecule has 0 aliphatic carbocycles. The van der Waals surface area contributed by atoms with E-state index in [0.717, 1.165) is 25.7 Å². The van der Waals surface area contributed by atoms with Gasteiger partial charge >= 0.3 is 45.9 Å². The van der Waals surface area contributed by atoms with Crippen molar-refractivity contribution in [2.45, 2.75) is 110 Å². The number of carbonyl (C=O) groups is 1. The summed E-state index contributed by atoms with van der Waals surface area (Å²) in [4.78, 5) is 11.0. The van der Waals surface area contributed by atoms with Gasteiger partial charge in [0.2, 0.25) is 0 Å². The van der Waals surface area contributed by atoms with Crippen LogP contribution in [0, 0.1) is 5.92 Å². The van der Waals surface area contributed by atoms with Crippen LogP contribution in [0.2, 0.25) is 0 Å². The van der Waals surface area contributed by atoms with Crippen LogP contribution in [0.5, 0.6) is 0 Å². The predicted molar refractivity (Wildman–Crippen MR) is 122 cm³/mol. The molecule has 6 nitrogen and oxygen atoms in total. The van der Waals surface area contributed by atoms with Crippen LogP contribution in [-0.2, 0) is 15.2 Å². The van der Waals surface area contributed by atoms with E-state index in [1.807, 2.05) is 0 Å². The van der Waals surface area contributed by atoms with Gasteiger partial charge in [0, 0.05) is 0 Å². The van der Waals surface area contributed by atoms with Gasteiger partial charge in [0.05, 0.1) is 5.92 Å². The number of carboxylic acids is 1. The van der Waals surface area contributed by atoms with E-state index in [0.29, 0.717) is 0 Å². The van der Waals surface area contributed by atoms with Gasteiger partial charge in [-0.15, -0.1) is 0 Å². The Morgan fingerprint density at radius 1 is 0.759 bits per heavy atom. The molecule has 0 aliphatic rings. The molecule has 0 saturated heterocycles. The van der Waals surface area contributed by atoms with Gasteiger partial charge < -0.3 is 5.11 Å². The second-order valence-corrected chi connectivity index (χ2v) is 8.19. The number of aliphatic carboxylic acids is 1. The minimum absolute atomic E-state index is 0. The third kappa shape index (κ3) is 35.9. The molecule has 29 heavy (non-hydrogen) atoms. The Hall–Kier alpha value is 0.0800. The average Bonchev–Trinajstić information content (AvgIpc) is 2.59. The van der Waals surface area contributed by atoms with Crippen LogP contribution < -0.4 is 0 Å². The monoisotopic (exact) mass is 446 g/mol. The van der Waals surface area contributed by atoms with Crippen LogP contribution in [0.3, 0.4) is 0 Å². The quantitative estimate of drug-likeness (QED) is 0.112. The zero-order valence-electron chi connectivity index (χ0n) is 17.8. The van der Waals surface area contributed by atoms with Crippen molar-refractivity contribution in [3.63, 3.8) is 0 Å². The Morgan fingerprint density at radius 3 is 1.59 bits per heavy atom. The van der Waals surface area contributed by atoms with Crippen molar-refractivity contribution >= 4 is 45.9 Å². The molecule has 0 rings (SSSR count). The van der Waals surface area contributed by atoms with E-state index in [2.05, 4.69) is 26.0 Å². The van der Waals surface area contributed by atoms with Crippen LogP contribution >= 0.6 is 0 Å². The molecule has 0 spiro atoms. The Balaban J connectivity index is -0.000000997. The molecule has 0 heterocycles. The molecule has 170 valence electrons. The molecule has 1 unspecified atom stereocenters. The summed E-state index contributed by atoms with van der Waals surface area (Å²) in [6.45, 7) is 4.33. The van der Waals surface area contributed by atoms with E-state index < -0.39 is 16.4 Å². The van der Waals surface area contributed by atoms with Gasteiger partial charge in [-0.2, -0.15) is 8.42 Å². The summed E-state index contributed by atoms with van der Waals surface area (Å²) in [5.41, 5.74) is 0. The molecule has 0 aliphatic heterocycles. The number of hydrogen-bond acceptors (Lipinski definition) is 3. The number of allylic oxidation sites excluding steroid dienone is 2. The summed E-state index contributed by atoms with van der Waals surface area (Å²) in [6, 6.07) is 0. The van der Waals surface area contributed by atoms with E-state index >= 15 is 0 Å². The van der Waals surface area contributed by atoms with Crippen molar-refractivity contribution in [2.24, 2.45) is 5.92 Å². The normalized spacial score (nSPS) is 12.1. The van der Waals surface area contributed by atoms with Crippen molar-refractivity contribution in [3.05, 3.63) is 12.2 Å². The van der Waals surface area contributed by atoms with E-state index in [9.17, 15) is 4.79 Å². The Morgan fingerprint density at radius 2 is 1.17 bits per heavy atom. The third-order valence-corrected chi connectivity index (χ3v) is 4.55. The van der Waals surface area contributed by atoms with Crippen LogP contribution in [0.4, 0.5) is 0 Å². The van der Waals surface area contributed by atoms with Crippen LogP contribution in [-0.4, -0.2) is 58.2 Å². The topological polar surface area (TPSA) is 112 Å². The van der Waals surface area contributed by atoms with Crippen molar-refractivity contribution in [3.8, 4) is 0 Å². The molecular formula is C21H43NaO6S. The number of carboxylic acid groups (broad SMARTS) is 1. The molecule has 0 aromatic heterocycles. The Bertz CT molecular complexity index is 472. The second-order valence-electron chi connectivity index (χ2n) is 7.29. The van der Waals surface area contributed by atoms with E-state index in [-0.39, 0.29) is 35.5 Å². The second kappa shape index (κ2) is 24.4. The molecule has 0 fully saturated rings. The van der Waals surface area contributed by atoms with Crippen LogP contribution in [0.25, 0.3) is 0 Å². The summed E-state index contributed by atoms with van der Waals surface area (Å²) in [5, 5.41) is 9.10. The molecule has 0 amide bonds. The molecule has 1 atom stereocenters.